The first kappa shape index (κ1) is 14.8. The second kappa shape index (κ2) is 6.75. The normalized spacial score (nSPS) is 18.0. The van der Waals surface area contributed by atoms with Crippen molar-refractivity contribution in [2.24, 2.45) is 5.73 Å². The zero-order chi connectivity index (χ0) is 15.4. The largest absolute Gasteiger partial charge is 0.457 e. The maximum Gasteiger partial charge on any atom is 0.314 e. The van der Waals surface area contributed by atoms with Gasteiger partial charge in [-0.3, -0.25) is 0 Å². The number of nitrogens with two attached hydrogens (primary N) is 1. The summed E-state index contributed by atoms with van der Waals surface area (Å²) in [6.07, 6.45) is 0. The summed E-state index contributed by atoms with van der Waals surface area (Å²) in [5, 5.41) is 0.270. The number of urea groups is 1. The molecule has 1 fully saturated rings. The topological polar surface area (TPSA) is 55.6 Å². The second-order valence-electron chi connectivity index (χ2n) is 5.13. The van der Waals surface area contributed by atoms with E-state index in [0.29, 0.717) is 6.54 Å². The average Bonchev–Trinajstić information content (AvgIpc) is 2.56. The maximum absolute atomic E-state index is 11.3. The molecule has 1 atom stereocenters. The van der Waals surface area contributed by atoms with Crippen LogP contribution in [0.1, 0.15) is 10.8 Å². The van der Waals surface area contributed by atoms with Crippen LogP contribution in [-0.4, -0.2) is 29.8 Å². The molecule has 2 aromatic rings. The van der Waals surface area contributed by atoms with Crippen molar-refractivity contribution in [3.8, 4) is 11.5 Å². The molecule has 0 aromatic heterocycles. The van der Waals surface area contributed by atoms with E-state index in [1.807, 2.05) is 54.2 Å². The number of primary amides is 1. The molecule has 2 aromatic carbocycles. The number of carbonyl (C=O) groups is 1. The minimum absolute atomic E-state index is 0.270. The number of nitrogens with zero attached hydrogens (tertiary/aromatic N) is 1. The van der Waals surface area contributed by atoms with Crippen LogP contribution in [0.2, 0.25) is 0 Å². The molecule has 0 radical (unpaired) electrons. The number of ether oxygens (including phenoxy) is 1. The Kier molecular flexibility index (Phi) is 4.53. The Hall–Kier alpha value is -2.14. The minimum atomic E-state index is -0.339. The molecule has 0 saturated carbocycles. The summed E-state index contributed by atoms with van der Waals surface area (Å²) in [6, 6.07) is 17.4. The van der Waals surface area contributed by atoms with Gasteiger partial charge in [0.05, 0.1) is 0 Å². The molecule has 1 aliphatic heterocycles. The summed E-state index contributed by atoms with van der Waals surface area (Å²) in [7, 11) is 0. The first-order valence-electron chi connectivity index (χ1n) is 7.21. The van der Waals surface area contributed by atoms with Crippen molar-refractivity contribution in [3.05, 3.63) is 60.2 Å². The molecule has 0 aliphatic carbocycles. The summed E-state index contributed by atoms with van der Waals surface area (Å²) in [6.45, 7) is 1.39. The van der Waals surface area contributed by atoms with E-state index < -0.39 is 0 Å². The van der Waals surface area contributed by atoms with E-state index in [0.717, 1.165) is 23.8 Å². The van der Waals surface area contributed by atoms with Gasteiger partial charge in [0.25, 0.3) is 0 Å². The monoisotopic (exact) mass is 314 g/mol. The Labute approximate surface area is 134 Å². The molecular weight excluding hydrogens is 296 g/mol. The van der Waals surface area contributed by atoms with Crippen molar-refractivity contribution in [1.82, 2.24) is 4.90 Å². The van der Waals surface area contributed by atoms with E-state index >= 15 is 0 Å². The number of amides is 2. The first-order valence-corrected chi connectivity index (χ1v) is 8.26. The van der Waals surface area contributed by atoms with Crippen LogP contribution in [-0.2, 0) is 0 Å². The van der Waals surface area contributed by atoms with Crippen LogP contribution in [0, 0.1) is 0 Å². The van der Waals surface area contributed by atoms with Crippen LogP contribution < -0.4 is 10.5 Å². The van der Waals surface area contributed by atoms with E-state index in [1.165, 1.54) is 5.56 Å². The van der Waals surface area contributed by atoms with E-state index in [1.54, 1.807) is 4.90 Å². The molecule has 4 nitrogen and oxygen atoms in total. The third-order valence-electron chi connectivity index (χ3n) is 3.61. The highest BCUT2D eigenvalue weighted by molar-refractivity contribution is 7.99. The molecule has 2 N–H and O–H groups in total. The summed E-state index contributed by atoms with van der Waals surface area (Å²) >= 11 is 1.86. The van der Waals surface area contributed by atoms with Gasteiger partial charge in [0.15, 0.2) is 0 Å². The first-order chi connectivity index (χ1) is 10.7. The number of rotatable bonds is 3. The van der Waals surface area contributed by atoms with Crippen LogP contribution in [0.25, 0.3) is 0 Å². The van der Waals surface area contributed by atoms with Gasteiger partial charge in [0.2, 0.25) is 0 Å². The Morgan fingerprint density at radius 1 is 1.09 bits per heavy atom. The Balaban J connectivity index is 1.67. The van der Waals surface area contributed by atoms with Crippen molar-refractivity contribution >= 4 is 17.8 Å². The highest BCUT2D eigenvalue weighted by Crippen LogP contribution is 2.34. The molecule has 2 amide bonds. The number of thioether (sulfide) groups is 1. The average molecular weight is 314 g/mol. The van der Waals surface area contributed by atoms with E-state index in [2.05, 4.69) is 12.1 Å². The van der Waals surface area contributed by atoms with Gasteiger partial charge in [-0.05, 0) is 29.8 Å². The standard InChI is InChI=1S/C17H18N2O2S/c18-17(20)19-10-11-22-16(12-19)13-6-8-15(9-7-13)21-14-4-2-1-3-5-14/h1-9,16H,10-12H2,(H2,18,20). The summed E-state index contributed by atoms with van der Waals surface area (Å²) in [5.41, 5.74) is 6.57. The van der Waals surface area contributed by atoms with Gasteiger partial charge in [0.1, 0.15) is 11.5 Å². The number of para-hydroxylation sites is 1. The lowest BCUT2D eigenvalue weighted by Gasteiger charge is -2.31. The number of hydrogen-bond donors (Lipinski definition) is 1. The van der Waals surface area contributed by atoms with Crippen molar-refractivity contribution in [3.63, 3.8) is 0 Å². The van der Waals surface area contributed by atoms with E-state index in [9.17, 15) is 4.79 Å². The maximum atomic E-state index is 11.3. The lowest BCUT2D eigenvalue weighted by atomic mass is 10.1. The molecule has 1 heterocycles. The van der Waals surface area contributed by atoms with Gasteiger partial charge in [-0.15, -0.1) is 0 Å². The highest BCUT2D eigenvalue weighted by Gasteiger charge is 2.23. The van der Waals surface area contributed by atoms with Crippen LogP contribution in [0.4, 0.5) is 4.79 Å². The smallest absolute Gasteiger partial charge is 0.314 e. The van der Waals surface area contributed by atoms with Crippen LogP contribution >= 0.6 is 11.8 Å². The molecular formula is C17H18N2O2S. The lowest BCUT2D eigenvalue weighted by Crippen LogP contribution is -2.42. The number of benzene rings is 2. The van der Waals surface area contributed by atoms with Gasteiger partial charge < -0.3 is 15.4 Å². The molecule has 0 spiro atoms. The summed E-state index contributed by atoms with van der Waals surface area (Å²) in [5.74, 6) is 2.54. The predicted molar refractivity (Wildman–Crippen MR) is 89.3 cm³/mol. The Bertz CT molecular complexity index is 631. The minimum Gasteiger partial charge on any atom is -0.457 e. The molecule has 114 valence electrons. The number of carbonyl (C=O) groups excluding carboxylic acids is 1. The molecule has 1 aliphatic rings. The second-order valence-corrected chi connectivity index (χ2v) is 6.44. The molecule has 3 rings (SSSR count). The third-order valence-corrected chi connectivity index (χ3v) is 4.85. The zero-order valence-corrected chi connectivity index (χ0v) is 13.0. The van der Waals surface area contributed by atoms with Crippen LogP contribution in [0.5, 0.6) is 11.5 Å². The number of hydrogen-bond acceptors (Lipinski definition) is 3. The Morgan fingerprint density at radius 3 is 2.45 bits per heavy atom. The fourth-order valence-electron chi connectivity index (χ4n) is 2.43. The zero-order valence-electron chi connectivity index (χ0n) is 12.1. The van der Waals surface area contributed by atoms with Gasteiger partial charge >= 0.3 is 6.03 Å². The van der Waals surface area contributed by atoms with Crippen molar-refractivity contribution < 1.29 is 9.53 Å². The quantitative estimate of drug-likeness (QED) is 0.941. The third kappa shape index (κ3) is 3.54. The SMILES string of the molecule is NC(=O)N1CCSC(c2ccc(Oc3ccccc3)cc2)C1. The summed E-state index contributed by atoms with van der Waals surface area (Å²) in [4.78, 5) is 13.0. The van der Waals surface area contributed by atoms with Crippen molar-refractivity contribution in [2.45, 2.75) is 5.25 Å². The predicted octanol–water partition coefficient (Wildman–Crippen LogP) is 3.65. The fraction of sp³-hybridized carbons (Fsp3) is 0.235. The lowest BCUT2D eigenvalue weighted by molar-refractivity contribution is 0.209. The van der Waals surface area contributed by atoms with Crippen LogP contribution in [0.3, 0.4) is 0 Å². The van der Waals surface area contributed by atoms with Crippen LogP contribution in [0.15, 0.2) is 54.6 Å². The Morgan fingerprint density at radius 2 is 1.77 bits per heavy atom. The van der Waals surface area contributed by atoms with Gasteiger partial charge in [0, 0.05) is 24.1 Å². The van der Waals surface area contributed by atoms with E-state index in [-0.39, 0.29) is 11.3 Å². The molecule has 1 unspecified atom stereocenters. The molecule has 22 heavy (non-hydrogen) atoms. The fourth-order valence-corrected chi connectivity index (χ4v) is 3.67. The van der Waals surface area contributed by atoms with E-state index in [4.69, 9.17) is 10.5 Å². The van der Waals surface area contributed by atoms with Crippen molar-refractivity contribution in [1.29, 1.82) is 0 Å². The van der Waals surface area contributed by atoms with Gasteiger partial charge in [-0.1, -0.05) is 30.3 Å². The molecule has 1 saturated heterocycles. The van der Waals surface area contributed by atoms with Crippen molar-refractivity contribution in [2.75, 3.05) is 18.8 Å². The highest BCUT2D eigenvalue weighted by atomic mass is 32.2. The van der Waals surface area contributed by atoms with Gasteiger partial charge in [-0.25, -0.2) is 4.79 Å². The summed E-state index contributed by atoms with van der Waals surface area (Å²) < 4.78 is 5.79. The molecule has 0 bridgehead atoms. The van der Waals surface area contributed by atoms with Gasteiger partial charge in [-0.2, -0.15) is 11.8 Å². The molecule has 5 heteroatoms.